The molecule has 3 N–H and O–H groups in total. The SMILES string of the molecule is CCCOc1ncnc(Oc2cc(C)[nH]n2)c1N. The van der Waals surface area contributed by atoms with Gasteiger partial charge in [-0.25, -0.2) is 0 Å². The van der Waals surface area contributed by atoms with E-state index in [0.29, 0.717) is 18.4 Å². The first-order chi connectivity index (χ1) is 8.70. The van der Waals surface area contributed by atoms with Crippen LogP contribution in [0.2, 0.25) is 0 Å². The van der Waals surface area contributed by atoms with E-state index in [1.54, 1.807) is 6.07 Å². The largest absolute Gasteiger partial charge is 0.476 e. The standard InChI is InChI=1S/C11H15N5O2/c1-3-4-17-10-9(12)11(14-6-13-10)18-8-5-7(2)15-16-8/h5-6H,3-4,12H2,1-2H3,(H,15,16). The summed E-state index contributed by atoms with van der Waals surface area (Å²) in [5.41, 5.74) is 7.02. The summed E-state index contributed by atoms with van der Waals surface area (Å²) in [5, 5.41) is 6.71. The predicted molar refractivity (Wildman–Crippen MR) is 65.6 cm³/mol. The second-order valence-electron chi connectivity index (χ2n) is 3.74. The average Bonchev–Trinajstić information content (AvgIpc) is 2.76. The molecule has 0 spiro atoms. The van der Waals surface area contributed by atoms with Crippen molar-refractivity contribution in [2.45, 2.75) is 20.3 Å². The fourth-order valence-corrected chi connectivity index (χ4v) is 1.30. The van der Waals surface area contributed by atoms with Crippen molar-refractivity contribution in [1.29, 1.82) is 0 Å². The summed E-state index contributed by atoms with van der Waals surface area (Å²) in [7, 11) is 0. The minimum atomic E-state index is 0.239. The molecule has 0 saturated heterocycles. The zero-order valence-corrected chi connectivity index (χ0v) is 10.3. The van der Waals surface area contributed by atoms with Crippen LogP contribution in [0.25, 0.3) is 0 Å². The normalized spacial score (nSPS) is 10.3. The van der Waals surface area contributed by atoms with Crippen molar-refractivity contribution >= 4 is 5.69 Å². The number of rotatable bonds is 5. The number of H-pyrrole nitrogens is 1. The Morgan fingerprint density at radius 1 is 1.33 bits per heavy atom. The Morgan fingerprint density at radius 2 is 2.11 bits per heavy atom. The zero-order chi connectivity index (χ0) is 13.0. The Hall–Kier alpha value is -2.31. The maximum absolute atomic E-state index is 5.87. The molecule has 2 aromatic heterocycles. The molecule has 2 heterocycles. The predicted octanol–water partition coefficient (Wildman–Crippen LogP) is 1.67. The summed E-state index contributed by atoms with van der Waals surface area (Å²) in [6, 6.07) is 1.74. The van der Waals surface area contributed by atoms with Gasteiger partial charge in [0, 0.05) is 11.8 Å². The van der Waals surface area contributed by atoms with Gasteiger partial charge in [0.1, 0.15) is 6.33 Å². The molecule has 7 nitrogen and oxygen atoms in total. The number of ether oxygens (including phenoxy) is 2. The molecule has 0 aromatic carbocycles. The number of anilines is 1. The van der Waals surface area contributed by atoms with E-state index < -0.39 is 0 Å². The fraction of sp³-hybridized carbons (Fsp3) is 0.364. The lowest BCUT2D eigenvalue weighted by molar-refractivity contribution is 0.304. The molecule has 18 heavy (non-hydrogen) atoms. The Balaban J connectivity index is 2.17. The van der Waals surface area contributed by atoms with Crippen molar-refractivity contribution in [2.75, 3.05) is 12.3 Å². The molecule has 0 aliphatic heterocycles. The van der Waals surface area contributed by atoms with Gasteiger partial charge in [0.25, 0.3) is 5.88 Å². The van der Waals surface area contributed by atoms with Crippen molar-refractivity contribution in [3.63, 3.8) is 0 Å². The zero-order valence-electron chi connectivity index (χ0n) is 10.3. The van der Waals surface area contributed by atoms with Crippen molar-refractivity contribution in [3.05, 3.63) is 18.1 Å². The highest BCUT2D eigenvalue weighted by Gasteiger charge is 2.12. The highest BCUT2D eigenvalue weighted by Crippen LogP contribution is 2.29. The minimum absolute atomic E-state index is 0.239. The molecular weight excluding hydrogens is 234 g/mol. The summed E-state index contributed by atoms with van der Waals surface area (Å²) in [6.07, 6.45) is 2.22. The van der Waals surface area contributed by atoms with E-state index >= 15 is 0 Å². The molecule has 0 aliphatic carbocycles. The Labute approximate surface area is 104 Å². The number of aryl methyl sites for hydroxylation is 1. The summed E-state index contributed by atoms with van der Waals surface area (Å²) < 4.78 is 10.8. The lowest BCUT2D eigenvalue weighted by Crippen LogP contribution is -2.04. The number of nitrogens with two attached hydrogens (primary N) is 1. The maximum atomic E-state index is 5.87. The van der Waals surface area contributed by atoms with Gasteiger partial charge in [-0.15, -0.1) is 5.10 Å². The van der Waals surface area contributed by atoms with Crippen LogP contribution in [0, 0.1) is 6.92 Å². The summed E-state index contributed by atoms with van der Waals surface area (Å²) in [6.45, 7) is 4.42. The van der Waals surface area contributed by atoms with Gasteiger partial charge in [-0.3, -0.25) is 5.10 Å². The molecule has 0 bridgehead atoms. The van der Waals surface area contributed by atoms with Crippen LogP contribution in [-0.4, -0.2) is 26.8 Å². The number of hydrogen-bond acceptors (Lipinski definition) is 6. The molecule has 0 unspecified atom stereocenters. The van der Waals surface area contributed by atoms with Crippen LogP contribution in [-0.2, 0) is 0 Å². The number of aromatic amines is 1. The highest BCUT2D eigenvalue weighted by atomic mass is 16.5. The van der Waals surface area contributed by atoms with Crippen LogP contribution in [0.5, 0.6) is 17.6 Å². The summed E-state index contributed by atoms with van der Waals surface area (Å²) in [5.74, 6) is 0.969. The molecule has 0 amide bonds. The quantitative estimate of drug-likeness (QED) is 0.836. The first-order valence-corrected chi connectivity index (χ1v) is 5.64. The number of nitrogens with one attached hydrogen (secondary N) is 1. The molecule has 96 valence electrons. The first kappa shape index (κ1) is 12.2. The van der Waals surface area contributed by atoms with E-state index in [9.17, 15) is 0 Å². The van der Waals surface area contributed by atoms with Gasteiger partial charge >= 0.3 is 0 Å². The van der Waals surface area contributed by atoms with E-state index in [2.05, 4.69) is 20.2 Å². The van der Waals surface area contributed by atoms with Crippen molar-refractivity contribution in [3.8, 4) is 17.6 Å². The smallest absolute Gasteiger partial charge is 0.251 e. The van der Waals surface area contributed by atoms with E-state index in [-0.39, 0.29) is 11.6 Å². The van der Waals surface area contributed by atoms with E-state index in [1.165, 1.54) is 6.33 Å². The molecule has 0 saturated carbocycles. The van der Waals surface area contributed by atoms with Gasteiger partial charge in [-0.2, -0.15) is 9.97 Å². The Morgan fingerprint density at radius 3 is 2.78 bits per heavy atom. The van der Waals surface area contributed by atoms with Crippen LogP contribution in [0.4, 0.5) is 5.69 Å². The first-order valence-electron chi connectivity index (χ1n) is 5.64. The van der Waals surface area contributed by atoms with Gasteiger partial charge < -0.3 is 15.2 Å². The van der Waals surface area contributed by atoms with Crippen molar-refractivity contribution in [1.82, 2.24) is 20.2 Å². The number of aromatic nitrogens is 4. The van der Waals surface area contributed by atoms with Crippen LogP contribution in [0.15, 0.2) is 12.4 Å². The molecule has 0 aliphatic rings. The van der Waals surface area contributed by atoms with E-state index in [0.717, 1.165) is 12.1 Å². The molecule has 0 fully saturated rings. The third-order valence-electron chi connectivity index (χ3n) is 2.14. The van der Waals surface area contributed by atoms with Crippen molar-refractivity contribution in [2.24, 2.45) is 0 Å². The third-order valence-corrected chi connectivity index (χ3v) is 2.14. The Kier molecular flexibility index (Phi) is 3.61. The van der Waals surface area contributed by atoms with Gasteiger partial charge in [-0.1, -0.05) is 6.92 Å². The lowest BCUT2D eigenvalue weighted by atomic mass is 10.4. The third kappa shape index (κ3) is 2.68. The fourth-order valence-electron chi connectivity index (χ4n) is 1.30. The summed E-state index contributed by atoms with van der Waals surface area (Å²) >= 11 is 0. The molecule has 0 radical (unpaired) electrons. The van der Waals surface area contributed by atoms with Crippen LogP contribution in [0.1, 0.15) is 19.0 Å². The molecule has 7 heteroatoms. The van der Waals surface area contributed by atoms with E-state index in [1.807, 2.05) is 13.8 Å². The average molecular weight is 249 g/mol. The second-order valence-corrected chi connectivity index (χ2v) is 3.74. The van der Waals surface area contributed by atoms with Crippen LogP contribution in [0.3, 0.4) is 0 Å². The van der Waals surface area contributed by atoms with Crippen LogP contribution < -0.4 is 15.2 Å². The lowest BCUT2D eigenvalue weighted by Gasteiger charge is -2.08. The van der Waals surface area contributed by atoms with Gasteiger partial charge in [-0.05, 0) is 13.3 Å². The van der Waals surface area contributed by atoms with Crippen LogP contribution >= 0.6 is 0 Å². The topological polar surface area (TPSA) is 98.9 Å². The molecular formula is C11H15N5O2. The van der Waals surface area contributed by atoms with E-state index in [4.69, 9.17) is 15.2 Å². The summed E-state index contributed by atoms with van der Waals surface area (Å²) in [4.78, 5) is 7.92. The number of nitrogen functional groups attached to an aromatic ring is 1. The number of nitrogens with zero attached hydrogens (tertiary/aromatic N) is 3. The van der Waals surface area contributed by atoms with Gasteiger partial charge in [0.2, 0.25) is 11.8 Å². The highest BCUT2D eigenvalue weighted by molar-refractivity contribution is 5.56. The monoisotopic (exact) mass is 249 g/mol. The molecule has 2 aromatic rings. The molecule has 2 rings (SSSR count). The Bertz CT molecular complexity index is 526. The minimum Gasteiger partial charge on any atom is -0.476 e. The second kappa shape index (κ2) is 5.35. The van der Waals surface area contributed by atoms with Gasteiger partial charge in [0.15, 0.2) is 5.69 Å². The van der Waals surface area contributed by atoms with Crippen molar-refractivity contribution < 1.29 is 9.47 Å². The molecule has 0 atom stereocenters. The van der Waals surface area contributed by atoms with Gasteiger partial charge in [0.05, 0.1) is 6.61 Å². The maximum Gasteiger partial charge on any atom is 0.251 e. The number of hydrogen-bond donors (Lipinski definition) is 2.